The molecule has 0 spiro atoms. The predicted molar refractivity (Wildman–Crippen MR) is 25.8 cm³/mol. The molecule has 3 heteroatoms. The van der Waals surface area contributed by atoms with Crippen LogP contribution in [0.15, 0.2) is 0 Å². The molecule has 0 unspecified atom stereocenters. The molecule has 0 amide bonds. The minimum absolute atomic E-state index is 0.576. The van der Waals surface area contributed by atoms with E-state index in [4.69, 9.17) is 5.21 Å². The Labute approximate surface area is 43.4 Å². The molecule has 0 aromatic heterocycles. The van der Waals surface area contributed by atoms with Gasteiger partial charge in [-0.15, -0.1) is 0 Å². The maximum Gasteiger partial charge on any atom is 0.0708 e. The van der Waals surface area contributed by atoms with Gasteiger partial charge in [0.05, 0.1) is 6.61 Å². The maximum absolute atomic E-state index is 8.29. The van der Waals surface area contributed by atoms with E-state index >= 15 is 0 Å². The van der Waals surface area contributed by atoms with E-state index in [1.165, 1.54) is 7.05 Å². The molecule has 0 rings (SSSR count). The van der Waals surface area contributed by atoms with Crippen LogP contribution >= 0.6 is 0 Å². The van der Waals surface area contributed by atoms with Crippen LogP contribution in [0, 0.1) is 0 Å². The zero-order chi connectivity index (χ0) is 5.70. The van der Waals surface area contributed by atoms with Crippen molar-refractivity contribution in [1.29, 1.82) is 0 Å². The Morgan fingerprint density at radius 1 is 1.71 bits per heavy atom. The molecule has 3 nitrogen and oxygen atoms in total. The van der Waals surface area contributed by atoms with E-state index in [-0.39, 0.29) is 0 Å². The molecular weight excluding hydrogens is 94.0 g/mol. The van der Waals surface area contributed by atoms with Crippen molar-refractivity contribution in [3.63, 3.8) is 0 Å². The fourth-order valence-electron chi connectivity index (χ4n) is 0.223. The fraction of sp³-hybridized carbons (Fsp3) is 1.00. The molecule has 0 aliphatic rings. The van der Waals surface area contributed by atoms with Gasteiger partial charge in [0.25, 0.3) is 0 Å². The SMILES string of the molecule is CCCON(C)O. The summed E-state index contributed by atoms with van der Waals surface area (Å²) in [5.74, 6) is 0. The van der Waals surface area contributed by atoms with Crippen molar-refractivity contribution >= 4 is 0 Å². The molecule has 0 radical (unpaired) electrons. The summed E-state index contributed by atoms with van der Waals surface area (Å²) in [5, 5.41) is 9.01. The first-order chi connectivity index (χ1) is 3.27. The quantitative estimate of drug-likeness (QED) is 0.535. The summed E-state index contributed by atoms with van der Waals surface area (Å²) >= 11 is 0. The van der Waals surface area contributed by atoms with Crippen LogP contribution in [0.3, 0.4) is 0 Å². The lowest BCUT2D eigenvalue weighted by Crippen LogP contribution is -2.13. The van der Waals surface area contributed by atoms with Crippen molar-refractivity contribution in [1.82, 2.24) is 5.23 Å². The van der Waals surface area contributed by atoms with Crippen molar-refractivity contribution in [3.05, 3.63) is 0 Å². The van der Waals surface area contributed by atoms with Gasteiger partial charge in [-0.05, 0) is 6.42 Å². The van der Waals surface area contributed by atoms with E-state index in [9.17, 15) is 0 Å². The Hall–Kier alpha value is -0.120. The van der Waals surface area contributed by atoms with Crippen LogP contribution in [-0.4, -0.2) is 24.1 Å². The van der Waals surface area contributed by atoms with Gasteiger partial charge in [-0.3, -0.25) is 10.0 Å². The largest absolute Gasteiger partial charge is 0.290 e. The Morgan fingerprint density at radius 3 is 2.43 bits per heavy atom. The van der Waals surface area contributed by atoms with Gasteiger partial charge >= 0.3 is 0 Å². The molecule has 0 saturated carbocycles. The molecule has 0 atom stereocenters. The zero-order valence-corrected chi connectivity index (χ0v) is 4.72. The first-order valence-electron chi connectivity index (χ1n) is 2.33. The van der Waals surface area contributed by atoms with Crippen LogP contribution in [0.25, 0.3) is 0 Å². The van der Waals surface area contributed by atoms with Crippen molar-refractivity contribution < 1.29 is 10.0 Å². The summed E-state index contributed by atoms with van der Waals surface area (Å²) in [6.45, 7) is 2.55. The molecular formula is C4H11NO2. The number of hydrogen-bond donors (Lipinski definition) is 1. The lowest BCUT2D eigenvalue weighted by Gasteiger charge is -2.04. The average Bonchev–Trinajstić information content (AvgIpc) is 1.61. The van der Waals surface area contributed by atoms with Crippen LogP contribution in [0.2, 0.25) is 0 Å². The zero-order valence-electron chi connectivity index (χ0n) is 4.72. The van der Waals surface area contributed by atoms with Crippen LogP contribution in [0.1, 0.15) is 13.3 Å². The van der Waals surface area contributed by atoms with E-state index < -0.39 is 0 Å². The smallest absolute Gasteiger partial charge is 0.0708 e. The highest BCUT2D eigenvalue weighted by Crippen LogP contribution is 1.79. The van der Waals surface area contributed by atoms with Gasteiger partial charge in [0.1, 0.15) is 0 Å². The summed E-state index contributed by atoms with van der Waals surface area (Å²) in [7, 11) is 1.44. The Balaban J connectivity index is 2.68. The highest BCUT2D eigenvalue weighted by Gasteiger charge is 1.84. The lowest BCUT2D eigenvalue weighted by molar-refractivity contribution is -0.323. The third-order valence-electron chi connectivity index (χ3n) is 0.482. The molecule has 7 heavy (non-hydrogen) atoms. The number of hydroxylamine groups is 2. The third kappa shape index (κ3) is 5.88. The molecule has 0 aliphatic carbocycles. The number of hydrogen-bond acceptors (Lipinski definition) is 3. The van der Waals surface area contributed by atoms with Gasteiger partial charge in [0.2, 0.25) is 0 Å². The second kappa shape index (κ2) is 4.05. The molecule has 0 saturated heterocycles. The average molecular weight is 105 g/mol. The van der Waals surface area contributed by atoms with Crippen LogP contribution in [-0.2, 0) is 4.84 Å². The molecule has 0 aromatic rings. The Bertz CT molecular complexity index is 38.7. The molecule has 44 valence electrons. The summed E-state index contributed by atoms with van der Waals surface area (Å²) in [4.78, 5) is 4.58. The normalized spacial score (nSPS) is 10.3. The van der Waals surface area contributed by atoms with Gasteiger partial charge in [-0.1, -0.05) is 12.2 Å². The van der Waals surface area contributed by atoms with Gasteiger partial charge in [0, 0.05) is 7.05 Å². The van der Waals surface area contributed by atoms with Gasteiger partial charge < -0.3 is 0 Å². The van der Waals surface area contributed by atoms with Gasteiger partial charge in [-0.2, -0.15) is 0 Å². The third-order valence-corrected chi connectivity index (χ3v) is 0.482. The van der Waals surface area contributed by atoms with Crippen LogP contribution in [0.5, 0.6) is 0 Å². The molecule has 0 aromatic carbocycles. The minimum Gasteiger partial charge on any atom is -0.290 e. The second-order valence-corrected chi connectivity index (χ2v) is 1.30. The van der Waals surface area contributed by atoms with E-state index in [2.05, 4.69) is 4.84 Å². The van der Waals surface area contributed by atoms with E-state index in [0.717, 1.165) is 6.42 Å². The van der Waals surface area contributed by atoms with Crippen LogP contribution in [0.4, 0.5) is 0 Å². The van der Waals surface area contributed by atoms with Crippen LogP contribution < -0.4 is 0 Å². The minimum atomic E-state index is 0.576. The Kier molecular flexibility index (Phi) is 3.98. The van der Waals surface area contributed by atoms with E-state index in [0.29, 0.717) is 11.8 Å². The van der Waals surface area contributed by atoms with Gasteiger partial charge in [0.15, 0.2) is 0 Å². The predicted octanol–water partition coefficient (Wildman–Crippen LogP) is 0.649. The highest BCUT2D eigenvalue weighted by atomic mass is 16.9. The fourth-order valence-corrected chi connectivity index (χ4v) is 0.223. The maximum atomic E-state index is 8.29. The molecule has 0 fully saturated rings. The number of rotatable bonds is 3. The van der Waals surface area contributed by atoms with Gasteiger partial charge in [-0.25, -0.2) is 0 Å². The summed E-state index contributed by atoms with van der Waals surface area (Å²) < 4.78 is 0. The van der Waals surface area contributed by atoms with E-state index in [1.807, 2.05) is 6.92 Å². The first-order valence-corrected chi connectivity index (χ1v) is 2.33. The molecule has 0 heterocycles. The standard InChI is InChI=1S/C4H11NO2/c1-3-4-7-5(2)6/h6H,3-4H2,1-2H3. The van der Waals surface area contributed by atoms with Crippen molar-refractivity contribution in [2.24, 2.45) is 0 Å². The second-order valence-electron chi connectivity index (χ2n) is 1.30. The molecule has 0 bridgehead atoms. The highest BCUT2D eigenvalue weighted by molar-refractivity contribution is 4.15. The monoisotopic (exact) mass is 105 g/mol. The topological polar surface area (TPSA) is 32.7 Å². The van der Waals surface area contributed by atoms with Crippen molar-refractivity contribution in [3.8, 4) is 0 Å². The van der Waals surface area contributed by atoms with Crippen molar-refractivity contribution in [2.45, 2.75) is 13.3 Å². The van der Waals surface area contributed by atoms with E-state index in [1.54, 1.807) is 0 Å². The summed E-state index contributed by atoms with van der Waals surface area (Å²) in [6, 6.07) is 0. The molecule has 0 aliphatic heterocycles. The van der Waals surface area contributed by atoms with Crippen molar-refractivity contribution in [2.75, 3.05) is 13.7 Å². The number of nitrogens with zero attached hydrogens (tertiary/aromatic N) is 1. The lowest BCUT2D eigenvalue weighted by atomic mass is 10.5. The summed E-state index contributed by atoms with van der Waals surface area (Å²) in [5.41, 5.74) is 0. The molecule has 1 N–H and O–H groups in total. The Morgan fingerprint density at radius 2 is 2.29 bits per heavy atom. The first kappa shape index (κ1) is 6.88. The summed E-state index contributed by atoms with van der Waals surface area (Å²) in [6.07, 6.45) is 0.922.